The number of ether oxygens (including phenoxy) is 1. The summed E-state index contributed by atoms with van der Waals surface area (Å²) in [7, 11) is 4.31. The molecule has 2 aromatic rings. The summed E-state index contributed by atoms with van der Waals surface area (Å²) in [6, 6.07) is 10.9. The van der Waals surface area contributed by atoms with Crippen LogP contribution in [0.15, 0.2) is 52.6 Å². The maximum Gasteiger partial charge on any atom is 0.421 e. The molecule has 0 aromatic heterocycles. The van der Waals surface area contributed by atoms with Crippen LogP contribution < -0.4 is 4.74 Å². The predicted octanol–water partition coefficient (Wildman–Crippen LogP) is 4.81. The number of alkyl halides is 3. The molecule has 1 atom stereocenters. The number of rotatable bonds is 9. The second kappa shape index (κ2) is 10.5. The highest BCUT2D eigenvalue weighted by atomic mass is 19.4. The summed E-state index contributed by atoms with van der Waals surface area (Å²) in [6.45, 7) is 4.28. The van der Waals surface area contributed by atoms with Gasteiger partial charge >= 0.3 is 6.18 Å². The molecule has 0 aliphatic heterocycles. The Morgan fingerprint density at radius 3 is 2.34 bits per heavy atom. The molecule has 0 bridgehead atoms. The number of aliphatic imine (C=N–C) groups is 1. The van der Waals surface area contributed by atoms with Crippen molar-refractivity contribution in [1.29, 1.82) is 0 Å². The number of aryl methyl sites for hydroxylation is 1. The van der Waals surface area contributed by atoms with Crippen LogP contribution in [0.1, 0.15) is 30.0 Å². The maximum atomic E-state index is 14.3. The van der Waals surface area contributed by atoms with Gasteiger partial charge in [-0.05, 0) is 31.0 Å². The van der Waals surface area contributed by atoms with Gasteiger partial charge in [-0.2, -0.15) is 13.2 Å². The van der Waals surface area contributed by atoms with Crippen LogP contribution in [0, 0.1) is 6.92 Å². The van der Waals surface area contributed by atoms with E-state index in [1.54, 1.807) is 43.6 Å². The standard InChI is InChI=1S/C23H28F3N3O3/c1-6-29(3)15-27-19-13-21(31-4)18(12-16(19)2)22(30,23(24,25)26)14-20(28-32-5)17-10-8-7-9-11-17/h7-13,15,30H,6,14H2,1-5H3/b27-15?,28-20-. The molecule has 2 aromatic carbocycles. The van der Waals surface area contributed by atoms with E-state index in [4.69, 9.17) is 9.57 Å². The van der Waals surface area contributed by atoms with Crippen molar-refractivity contribution in [2.75, 3.05) is 27.8 Å². The largest absolute Gasteiger partial charge is 0.496 e. The molecule has 0 fully saturated rings. The number of aliphatic hydroxyl groups is 1. The topological polar surface area (TPSA) is 66.7 Å². The summed E-state index contributed by atoms with van der Waals surface area (Å²) in [5.74, 6) is -0.133. The molecule has 0 saturated carbocycles. The van der Waals surface area contributed by atoms with E-state index < -0.39 is 23.8 Å². The van der Waals surface area contributed by atoms with Crippen molar-refractivity contribution >= 4 is 17.7 Å². The average molecular weight is 451 g/mol. The monoisotopic (exact) mass is 451 g/mol. The lowest BCUT2D eigenvalue weighted by Crippen LogP contribution is -2.44. The smallest absolute Gasteiger partial charge is 0.421 e. The number of methoxy groups -OCH3 is 1. The van der Waals surface area contributed by atoms with Gasteiger partial charge in [0.2, 0.25) is 0 Å². The molecule has 174 valence electrons. The lowest BCUT2D eigenvalue weighted by Gasteiger charge is -2.33. The number of hydrogen-bond acceptors (Lipinski definition) is 5. The summed E-state index contributed by atoms with van der Waals surface area (Å²) in [4.78, 5) is 10.9. The summed E-state index contributed by atoms with van der Waals surface area (Å²) in [5.41, 5.74) is -2.47. The van der Waals surface area contributed by atoms with Crippen molar-refractivity contribution in [2.24, 2.45) is 10.1 Å². The molecule has 0 saturated heterocycles. The number of oxime groups is 1. The zero-order valence-electron chi connectivity index (χ0n) is 18.8. The van der Waals surface area contributed by atoms with Gasteiger partial charge in [-0.1, -0.05) is 35.5 Å². The molecular weight excluding hydrogens is 423 g/mol. The number of benzene rings is 2. The van der Waals surface area contributed by atoms with Gasteiger partial charge in [0.05, 0.1) is 24.8 Å². The summed E-state index contributed by atoms with van der Waals surface area (Å²) in [5, 5.41) is 14.8. The normalized spacial score (nSPS) is 14.3. The first-order valence-corrected chi connectivity index (χ1v) is 9.95. The average Bonchev–Trinajstić information content (AvgIpc) is 2.77. The number of halogens is 3. The molecule has 2 rings (SSSR count). The summed E-state index contributed by atoms with van der Waals surface area (Å²) < 4.78 is 48.2. The molecule has 0 aliphatic carbocycles. The van der Waals surface area contributed by atoms with E-state index >= 15 is 0 Å². The van der Waals surface area contributed by atoms with Gasteiger partial charge in [-0.25, -0.2) is 4.99 Å². The van der Waals surface area contributed by atoms with E-state index in [9.17, 15) is 18.3 Å². The fraction of sp³-hybridized carbons (Fsp3) is 0.391. The molecule has 1 unspecified atom stereocenters. The highest BCUT2D eigenvalue weighted by molar-refractivity contribution is 6.01. The minimum Gasteiger partial charge on any atom is -0.496 e. The fourth-order valence-corrected chi connectivity index (χ4v) is 3.07. The minimum atomic E-state index is -5.02. The molecule has 0 radical (unpaired) electrons. The van der Waals surface area contributed by atoms with Crippen molar-refractivity contribution in [1.82, 2.24) is 4.90 Å². The van der Waals surface area contributed by atoms with Gasteiger partial charge in [-0.3, -0.25) is 0 Å². The Hall–Kier alpha value is -3.07. The van der Waals surface area contributed by atoms with Crippen LogP contribution in [0.2, 0.25) is 0 Å². The van der Waals surface area contributed by atoms with Crippen molar-refractivity contribution in [3.05, 3.63) is 59.2 Å². The lowest BCUT2D eigenvalue weighted by molar-refractivity contribution is -0.264. The molecule has 9 heteroatoms. The van der Waals surface area contributed by atoms with Gasteiger partial charge in [-0.15, -0.1) is 0 Å². The molecule has 0 spiro atoms. The first kappa shape index (κ1) is 25.2. The summed E-state index contributed by atoms with van der Waals surface area (Å²) in [6.07, 6.45) is -4.31. The third-order valence-corrected chi connectivity index (χ3v) is 5.06. The van der Waals surface area contributed by atoms with Crippen LogP contribution in [0.3, 0.4) is 0 Å². The second-order valence-corrected chi connectivity index (χ2v) is 7.28. The van der Waals surface area contributed by atoms with Crippen LogP contribution in [-0.2, 0) is 10.4 Å². The van der Waals surface area contributed by atoms with Crippen LogP contribution in [0.5, 0.6) is 5.75 Å². The summed E-state index contributed by atoms with van der Waals surface area (Å²) >= 11 is 0. The highest BCUT2D eigenvalue weighted by Crippen LogP contribution is 2.47. The number of hydrogen-bond donors (Lipinski definition) is 1. The van der Waals surface area contributed by atoms with Crippen molar-refractivity contribution in [3.63, 3.8) is 0 Å². The second-order valence-electron chi connectivity index (χ2n) is 7.28. The Labute approximate surface area is 186 Å². The third-order valence-electron chi connectivity index (χ3n) is 5.06. The van der Waals surface area contributed by atoms with Gasteiger partial charge in [0.15, 0.2) is 5.60 Å². The zero-order valence-corrected chi connectivity index (χ0v) is 18.8. The minimum absolute atomic E-state index is 0.0562. The molecule has 0 amide bonds. The van der Waals surface area contributed by atoms with Crippen LogP contribution in [0.25, 0.3) is 0 Å². The maximum absolute atomic E-state index is 14.3. The van der Waals surface area contributed by atoms with E-state index in [0.717, 1.165) is 0 Å². The number of nitrogens with zero attached hydrogens (tertiary/aromatic N) is 3. The van der Waals surface area contributed by atoms with E-state index in [-0.39, 0.29) is 11.5 Å². The Balaban J connectivity index is 2.63. The SMILES string of the molecule is CCN(C)C=Nc1cc(OC)c(C(O)(C/C(=N/OC)c2ccccc2)C(F)(F)F)cc1C. The molecule has 1 N–H and O–H groups in total. The molecule has 0 heterocycles. The molecular formula is C23H28F3N3O3. The van der Waals surface area contributed by atoms with Crippen LogP contribution >= 0.6 is 0 Å². The fourth-order valence-electron chi connectivity index (χ4n) is 3.07. The van der Waals surface area contributed by atoms with Crippen LogP contribution in [0.4, 0.5) is 18.9 Å². The van der Waals surface area contributed by atoms with Gasteiger partial charge in [0, 0.05) is 31.6 Å². The lowest BCUT2D eigenvalue weighted by atomic mass is 9.84. The molecule has 0 aliphatic rings. The Kier molecular flexibility index (Phi) is 8.26. The van der Waals surface area contributed by atoms with E-state index in [2.05, 4.69) is 10.1 Å². The van der Waals surface area contributed by atoms with Crippen LogP contribution in [-0.4, -0.2) is 56.0 Å². The highest BCUT2D eigenvalue weighted by Gasteiger charge is 2.57. The Morgan fingerprint density at radius 2 is 1.81 bits per heavy atom. The van der Waals surface area contributed by atoms with Gasteiger partial charge < -0.3 is 19.6 Å². The quantitative estimate of drug-likeness (QED) is 0.338. The Morgan fingerprint density at radius 1 is 1.16 bits per heavy atom. The predicted molar refractivity (Wildman–Crippen MR) is 119 cm³/mol. The van der Waals surface area contributed by atoms with E-state index in [1.807, 2.05) is 18.9 Å². The van der Waals surface area contributed by atoms with Gasteiger partial charge in [0.1, 0.15) is 12.9 Å². The zero-order chi connectivity index (χ0) is 23.9. The van der Waals surface area contributed by atoms with Crippen molar-refractivity contribution < 1.29 is 27.9 Å². The third kappa shape index (κ3) is 5.59. The van der Waals surface area contributed by atoms with E-state index in [1.165, 1.54) is 26.4 Å². The van der Waals surface area contributed by atoms with E-state index in [0.29, 0.717) is 23.4 Å². The Bertz CT molecular complexity index is 962. The molecule has 6 nitrogen and oxygen atoms in total. The first-order chi connectivity index (χ1) is 15.1. The first-order valence-electron chi connectivity index (χ1n) is 9.95. The van der Waals surface area contributed by atoms with Crippen molar-refractivity contribution in [3.8, 4) is 5.75 Å². The van der Waals surface area contributed by atoms with Gasteiger partial charge in [0.25, 0.3) is 0 Å². The molecule has 32 heavy (non-hydrogen) atoms. The van der Waals surface area contributed by atoms with Crippen molar-refractivity contribution in [2.45, 2.75) is 32.0 Å².